The van der Waals surface area contributed by atoms with E-state index in [9.17, 15) is 22.8 Å². The number of carboxylic acids is 1. The van der Waals surface area contributed by atoms with Crippen LogP contribution in [0.25, 0.3) is 11.3 Å². The van der Waals surface area contributed by atoms with Gasteiger partial charge in [-0.05, 0) is 12.1 Å². The average molecular weight is 382 g/mol. The number of urea groups is 1. The summed E-state index contributed by atoms with van der Waals surface area (Å²) in [5, 5.41) is 11.5. The number of aliphatic carboxylic acids is 1. The van der Waals surface area contributed by atoms with Crippen molar-refractivity contribution in [3.8, 4) is 11.3 Å². The van der Waals surface area contributed by atoms with Gasteiger partial charge in [0, 0.05) is 18.7 Å². The second kappa shape index (κ2) is 7.34. The third-order valence-electron chi connectivity index (χ3n) is 4.48. The first-order valence-corrected chi connectivity index (χ1v) is 8.22. The summed E-state index contributed by atoms with van der Waals surface area (Å²) in [5.41, 5.74) is 0.854. The van der Waals surface area contributed by atoms with Crippen molar-refractivity contribution >= 4 is 12.0 Å². The molecule has 144 valence electrons. The number of hydrogen-bond acceptors (Lipinski definition) is 3. The van der Waals surface area contributed by atoms with Crippen molar-refractivity contribution in [2.75, 3.05) is 13.1 Å². The van der Waals surface area contributed by atoms with Gasteiger partial charge in [0.05, 0.1) is 18.4 Å². The summed E-state index contributed by atoms with van der Waals surface area (Å²) in [6.45, 7) is -1.19. The van der Waals surface area contributed by atoms with Gasteiger partial charge in [-0.15, -0.1) is 0 Å². The van der Waals surface area contributed by atoms with Gasteiger partial charge in [-0.2, -0.15) is 13.2 Å². The number of carbonyl (C=O) groups excluding carboxylic acids is 1. The second-order valence-electron chi connectivity index (χ2n) is 6.29. The largest absolute Gasteiger partial charge is 0.481 e. The van der Waals surface area contributed by atoms with Gasteiger partial charge >= 0.3 is 18.2 Å². The summed E-state index contributed by atoms with van der Waals surface area (Å²) in [7, 11) is 0. The number of likely N-dealkylation sites (tertiary alicyclic amines) is 1. The Hall–Kier alpha value is -2.97. The molecule has 1 fully saturated rings. The number of benzene rings is 1. The molecule has 0 radical (unpaired) electrons. The zero-order valence-electron chi connectivity index (χ0n) is 14.1. The standard InChI is InChI=1S/C18H17F3N2O4/c19-18(20,21)14-10-23(9-13(14)16(24)25)17(26)22-8-12-6-7-15(27-12)11-4-2-1-3-5-11/h1-7,13-14H,8-10H2,(H,22,26)(H,24,25)/t13-,14-/m1/s1. The van der Waals surface area contributed by atoms with Crippen LogP contribution in [0.1, 0.15) is 5.76 Å². The number of hydrogen-bond donors (Lipinski definition) is 2. The number of carbonyl (C=O) groups is 2. The first kappa shape index (κ1) is 18.8. The molecule has 0 unspecified atom stereocenters. The maximum Gasteiger partial charge on any atom is 0.394 e. The third kappa shape index (κ3) is 4.24. The Labute approximate surface area is 152 Å². The Balaban J connectivity index is 1.60. The number of rotatable bonds is 4. The third-order valence-corrected chi connectivity index (χ3v) is 4.48. The highest BCUT2D eigenvalue weighted by Gasteiger charge is 2.53. The Morgan fingerprint density at radius 3 is 2.44 bits per heavy atom. The maximum atomic E-state index is 13.0. The molecular formula is C18H17F3N2O4. The average Bonchev–Trinajstić information content (AvgIpc) is 3.27. The van der Waals surface area contributed by atoms with E-state index in [-0.39, 0.29) is 6.54 Å². The summed E-state index contributed by atoms with van der Waals surface area (Å²) in [6.07, 6.45) is -4.68. The van der Waals surface area contributed by atoms with Crippen LogP contribution in [0.15, 0.2) is 46.9 Å². The molecule has 6 nitrogen and oxygen atoms in total. The summed E-state index contributed by atoms with van der Waals surface area (Å²) in [5.74, 6) is -4.27. The Morgan fingerprint density at radius 1 is 1.15 bits per heavy atom. The van der Waals surface area contributed by atoms with Gasteiger partial charge in [-0.25, -0.2) is 4.79 Å². The van der Waals surface area contributed by atoms with Crippen LogP contribution >= 0.6 is 0 Å². The molecule has 1 aromatic heterocycles. The predicted octanol–water partition coefficient (Wildman–Crippen LogP) is 3.35. The lowest BCUT2D eigenvalue weighted by molar-refractivity contribution is -0.187. The van der Waals surface area contributed by atoms with Gasteiger partial charge < -0.3 is 19.7 Å². The molecule has 0 aliphatic carbocycles. The molecule has 3 rings (SSSR count). The maximum absolute atomic E-state index is 13.0. The topological polar surface area (TPSA) is 82.8 Å². The molecule has 0 spiro atoms. The fourth-order valence-electron chi connectivity index (χ4n) is 3.06. The summed E-state index contributed by atoms with van der Waals surface area (Å²) < 4.78 is 44.6. The van der Waals surface area contributed by atoms with Crippen molar-refractivity contribution in [2.24, 2.45) is 11.8 Å². The highest BCUT2D eigenvalue weighted by Crippen LogP contribution is 2.37. The van der Waals surface area contributed by atoms with E-state index in [1.165, 1.54) is 0 Å². The van der Waals surface area contributed by atoms with Crippen LogP contribution < -0.4 is 5.32 Å². The lowest BCUT2D eigenvalue weighted by Crippen LogP contribution is -2.39. The van der Waals surface area contributed by atoms with E-state index in [4.69, 9.17) is 9.52 Å². The van der Waals surface area contributed by atoms with Crippen molar-refractivity contribution in [1.82, 2.24) is 10.2 Å². The summed E-state index contributed by atoms with van der Waals surface area (Å²) in [4.78, 5) is 24.1. The Bertz CT molecular complexity index is 820. The van der Waals surface area contributed by atoms with Gasteiger partial charge in [-0.3, -0.25) is 4.79 Å². The molecule has 9 heteroatoms. The number of alkyl halides is 3. The number of carboxylic acid groups (broad SMARTS) is 1. The van der Waals surface area contributed by atoms with Gasteiger partial charge in [0.15, 0.2) is 0 Å². The minimum absolute atomic E-state index is 0.0173. The molecule has 1 aliphatic rings. The molecule has 2 atom stereocenters. The molecular weight excluding hydrogens is 365 g/mol. The minimum atomic E-state index is -4.68. The predicted molar refractivity (Wildman–Crippen MR) is 88.6 cm³/mol. The summed E-state index contributed by atoms with van der Waals surface area (Å²) >= 11 is 0. The molecule has 1 aliphatic heterocycles. The zero-order chi connectivity index (χ0) is 19.6. The molecule has 2 aromatic rings. The van der Waals surface area contributed by atoms with E-state index >= 15 is 0 Å². The van der Waals surface area contributed by atoms with Crippen molar-refractivity contribution in [3.63, 3.8) is 0 Å². The van der Waals surface area contributed by atoms with E-state index in [2.05, 4.69) is 5.32 Å². The molecule has 1 aromatic carbocycles. The van der Waals surface area contributed by atoms with E-state index in [0.717, 1.165) is 10.5 Å². The fourth-order valence-corrected chi connectivity index (χ4v) is 3.06. The molecule has 27 heavy (non-hydrogen) atoms. The highest BCUT2D eigenvalue weighted by atomic mass is 19.4. The smallest absolute Gasteiger partial charge is 0.394 e. The SMILES string of the molecule is O=C(O)[C@@H]1CN(C(=O)NCc2ccc(-c3ccccc3)o2)C[C@H]1C(F)(F)F. The van der Waals surface area contributed by atoms with Crippen LogP contribution in [-0.4, -0.2) is 41.3 Å². The molecule has 0 saturated carbocycles. The summed E-state index contributed by atoms with van der Waals surface area (Å²) in [6, 6.07) is 11.9. The quantitative estimate of drug-likeness (QED) is 0.850. The number of nitrogens with one attached hydrogen (secondary N) is 1. The normalized spacial score (nSPS) is 19.9. The fraction of sp³-hybridized carbons (Fsp3) is 0.333. The van der Waals surface area contributed by atoms with Crippen molar-refractivity contribution in [1.29, 1.82) is 0 Å². The Morgan fingerprint density at radius 2 is 1.85 bits per heavy atom. The van der Waals surface area contributed by atoms with E-state index in [1.54, 1.807) is 12.1 Å². The monoisotopic (exact) mass is 382 g/mol. The molecule has 1 saturated heterocycles. The van der Waals surface area contributed by atoms with Gasteiger partial charge in [0.1, 0.15) is 11.5 Å². The number of nitrogens with zero attached hydrogens (tertiary/aromatic N) is 1. The van der Waals surface area contributed by atoms with Gasteiger partial charge in [0.2, 0.25) is 0 Å². The first-order chi connectivity index (χ1) is 12.8. The van der Waals surface area contributed by atoms with E-state index in [1.807, 2.05) is 30.3 Å². The Kier molecular flexibility index (Phi) is 5.11. The molecule has 2 amide bonds. The minimum Gasteiger partial charge on any atom is -0.481 e. The highest BCUT2D eigenvalue weighted by molar-refractivity contribution is 5.77. The second-order valence-corrected chi connectivity index (χ2v) is 6.29. The van der Waals surface area contributed by atoms with Gasteiger partial charge in [0.25, 0.3) is 0 Å². The lowest BCUT2D eigenvalue weighted by atomic mass is 9.96. The molecule has 0 bridgehead atoms. The molecule has 2 N–H and O–H groups in total. The lowest BCUT2D eigenvalue weighted by Gasteiger charge is -2.18. The van der Waals surface area contributed by atoms with Crippen molar-refractivity contribution in [3.05, 3.63) is 48.2 Å². The number of halogens is 3. The van der Waals surface area contributed by atoms with Crippen LogP contribution in [0.5, 0.6) is 0 Å². The van der Waals surface area contributed by atoms with E-state index < -0.39 is 43.1 Å². The van der Waals surface area contributed by atoms with Crippen LogP contribution in [0.4, 0.5) is 18.0 Å². The number of amides is 2. The first-order valence-electron chi connectivity index (χ1n) is 8.22. The van der Waals surface area contributed by atoms with Crippen molar-refractivity contribution in [2.45, 2.75) is 12.7 Å². The zero-order valence-corrected chi connectivity index (χ0v) is 14.1. The van der Waals surface area contributed by atoms with Crippen LogP contribution in [-0.2, 0) is 11.3 Å². The van der Waals surface area contributed by atoms with Crippen LogP contribution in [0.3, 0.4) is 0 Å². The van der Waals surface area contributed by atoms with E-state index in [0.29, 0.717) is 11.5 Å². The number of furan rings is 1. The van der Waals surface area contributed by atoms with Gasteiger partial charge in [-0.1, -0.05) is 30.3 Å². The van der Waals surface area contributed by atoms with Crippen LogP contribution in [0.2, 0.25) is 0 Å². The molecule has 2 heterocycles. The van der Waals surface area contributed by atoms with Crippen LogP contribution in [0, 0.1) is 11.8 Å². The van der Waals surface area contributed by atoms with Crippen molar-refractivity contribution < 1.29 is 32.3 Å².